The third-order valence-corrected chi connectivity index (χ3v) is 1.72. The smallest absolute Gasteiger partial charge is 0.352 e. The number of nitrogens with zero attached hydrogens (tertiary/aromatic N) is 1. The van der Waals surface area contributed by atoms with E-state index in [0.717, 1.165) is 0 Å². The minimum absolute atomic E-state index is 0.106. The van der Waals surface area contributed by atoms with Gasteiger partial charge in [-0.15, -0.1) is 0 Å². The summed E-state index contributed by atoms with van der Waals surface area (Å²) in [7, 11) is 1.37. The number of fused-ring (bicyclic) bond motifs is 1. The predicted molar refractivity (Wildman–Crippen MR) is 40.5 cm³/mol. The quantitative estimate of drug-likeness (QED) is 0.461. The zero-order chi connectivity index (χ0) is 9.42. The molecular formula is C8H5NO4. The molecule has 1 aromatic rings. The summed E-state index contributed by atoms with van der Waals surface area (Å²) >= 11 is 0. The topological polar surface area (TPSA) is 65.5 Å². The molecule has 0 amide bonds. The molecule has 5 nitrogen and oxygen atoms in total. The minimum atomic E-state index is -0.704. The average molecular weight is 179 g/mol. The second-order valence-corrected chi connectivity index (χ2v) is 2.42. The Morgan fingerprint density at radius 2 is 2.15 bits per heavy atom. The fraction of sp³-hybridized carbons (Fsp3) is 0.125. The monoisotopic (exact) mass is 179 g/mol. The van der Waals surface area contributed by atoms with Gasteiger partial charge in [-0.3, -0.25) is 0 Å². The van der Waals surface area contributed by atoms with Crippen LogP contribution < -0.4 is 4.74 Å². The van der Waals surface area contributed by atoms with Crippen LogP contribution in [-0.4, -0.2) is 24.0 Å². The first kappa shape index (κ1) is 7.72. The fourth-order valence-corrected chi connectivity index (χ4v) is 1.15. The van der Waals surface area contributed by atoms with Crippen LogP contribution in [0.3, 0.4) is 0 Å². The van der Waals surface area contributed by atoms with Gasteiger partial charge in [0.1, 0.15) is 5.56 Å². The summed E-state index contributed by atoms with van der Waals surface area (Å²) in [5, 5.41) is 0. The van der Waals surface area contributed by atoms with Crippen LogP contribution in [-0.2, 0) is 4.74 Å². The van der Waals surface area contributed by atoms with E-state index < -0.39 is 11.9 Å². The molecule has 1 aliphatic heterocycles. The molecule has 0 radical (unpaired) electrons. The van der Waals surface area contributed by atoms with Crippen molar-refractivity contribution in [3.05, 3.63) is 23.4 Å². The Morgan fingerprint density at radius 1 is 1.38 bits per heavy atom. The molecule has 5 heteroatoms. The van der Waals surface area contributed by atoms with Crippen molar-refractivity contribution in [3.8, 4) is 5.88 Å². The first-order chi connectivity index (χ1) is 6.24. The number of hydrogen-bond donors (Lipinski definition) is 0. The summed E-state index contributed by atoms with van der Waals surface area (Å²) in [4.78, 5) is 25.9. The molecule has 0 aliphatic carbocycles. The summed E-state index contributed by atoms with van der Waals surface area (Å²) in [5.74, 6) is -1.24. The van der Waals surface area contributed by atoms with Crippen LogP contribution in [0.15, 0.2) is 12.3 Å². The number of hydrogen-bond acceptors (Lipinski definition) is 5. The van der Waals surface area contributed by atoms with Crippen molar-refractivity contribution >= 4 is 11.9 Å². The Balaban J connectivity index is 2.69. The minimum Gasteiger partial charge on any atom is -0.480 e. The molecule has 13 heavy (non-hydrogen) atoms. The maximum atomic E-state index is 11.1. The summed E-state index contributed by atoms with van der Waals surface area (Å²) in [6.07, 6.45) is 1.39. The molecule has 66 valence electrons. The Hall–Kier alpha value is -1.91. The number of pyridine rings is 1. The van der Waals surface area contributed by atoms with Gasteiger partial charge in [0.25, 0.3) is 0 Å². The summed E-state index contributed by atoms with van der Waals surface area (Å²) in [5.41, 5.74) is 0.312. The molecule has 0 unspecified atom stereocenters. The van der Waals surface area contributed by atoms with E-state index in [9.17, 15) is 9.59 Å². The van der Waals surface area contributed by atoms with Gasteiger partial charge < -0.3 is 9.47 Å². The van der Waals surface area contributed by atoms with Crippen LogP contribution in [0.25, 0.3) is 0 Å². The summed E-state index contributed by atoms with van der Waals surface area (Å²) in [6.45, 7) is 0. The van der Waals surface area contributed by atoms with Gasteiger partial charge in [0.2, 0.25) is 5.88 Å². The van der Waals surface area contributed by atoms with Crippen molar-refractivity contribution in [3.63, 3.8) is 0 Å². The highest BCUT2D eigenvalue weighted by Crippen LogP contribution is 2.26. The number of carbonyl (C=O) groups is 2. The van der Waals surface area contributed by atoms with E-state index in [1.54, 1.807) is 0 Å². The van der Waals surface area contributed by atoms with Crippen molar-refractivity contribution < 1.29 is 19.1 Å². The molecule has 2 heterocycles. The van der Waals surface area contributed by atoms with Crippen molar-refractivity contribution in [2.75, 3.05) is 7.11 Å². The van der Waals surface area contributed by atoms with Crippen molar-refractivity contribution in [1.82, 2.24) is 4.98 Å². The summed E-state index contributed by atoms with van der Waals surface area (Å²) < 4.78 is 9.19. The molecular weight excluding hydrogens is 174 g/mol. The van der Waals surface area contributed by atoms with Gasteiger partial charge in [-0.2, -0.15) is 0 Å². The lowest BCUT2D eigenvalue weighted by Gasteiger charge is -1.99. The normalized spacial score (nSPS) is 13.9. The Bertz CT molecular complexity index is 399. The number of methoxy groups -OCH3 is 1. The van der Waals surface area contributed by atoms with Gasteiger partial charge in [0.15, 0.2) is 0 Å². The first-order valence-electron chi connectivity index (χ1n) is 3.53. The van der Waals surface area contributed by atoms with Gasteiger partial charge in [-0.1, -0.05) is 0 Å². The summed E-state index contributed by atoms with van der Waals surface area (Å²) in [6, 6.07) is 1.42. The largest absolute Gasteiger partial charge is 0.480 e. The van der Waals surface area contributed by atoms with Crippen LogP contribution in [0.2, 0.25) is 0 Å². The number of esters is 2. The number of rotatable bonds is 1. The van der Waals surface area contributed by atoms with E-state index in [1.165, 1.54) is 19.4 Å². The maximum Gasteiger partial charge on any atom is 0.352 e. The number of carbonyl (C=O) groups excluding carboxylic acids is 2. The highest BCUT2D eigenvalue weighted by molar-refractivity contribution is 6.15. The molecule has 2 rings (SSSR count). The number of ether oxygens (including phenoxy) is 2. The highest BCUT2D eigenvalue weighted by Gasteiger charge is 2.33. The van der Waals surface area contributed by atoms with Gasteiger partial charge in [-0.05, 0) is 6.07 Å². The van der Waals surface area contributed by atoms with Crippen molar-refractivity contribution in [1.29, 1.82) is 0 Å². The zero-order valence-electron chi connectivity index (χ0n) is 6.73. The van der Waals surface area contributed by atoms with Crippen molar-refractivity contribution in [2.45, 2.75) is 0 Å². The second-order valence-electron chi connectivity index (χ2n) is 2.42. The third kappa shape index (κ3) is 0.970. The third-order valence-electron chi connectivity index (χ3n) is 1.72. The van der Waals surface area contributed by atoms with Gasteiger partial charge in [0, 0.05) is 6.20 Å². The fourth-order valence-electron chi connectivity index (χ4n) is 1.15. The van der Waals surface area contributed by atoms with E-state index in [-0.39, 0.29) is 17.0 Å². The van der Waals surface area contributed by atoms with Crippen LogP contribution in [0, 0.1) is 0 Å². The van der Waals surface area contributed by atoms with Crippen LogP contribution in [0.5, 0.6) is 5.88 Å². The molecule has 0 saturated carbocycles. The molecule has 0 atom stereocenters. The standard InChI is InChI=1S/C8H5NO4/c1-12-6-5-4(2-3-9-6)7(10)13-8(5)11/h2-3H,1H3. The molecule has 1 aliphatic rings. The van der Waals surface area contributed by atoms with E-state index in [4.69, 9.17) is 4.74 Å². The first-order valence-corrected chi connectivity index (χ1v) is 3.53. The molecule has 0 N–H and O–H groups in total. The highest BCUT2D eigenvalue weighted by atomic mass is 16.6. The Morgan fingerprint density at radius 3 is 2.85 bits per heavy atom. The van der Waals surface area contributed by atoms with Crippen LogP contribution in [0.1, 0.15) is 20.7 Å². The predicted octanol–water partition coefficient (Wildman–Crippen LogP) is 0.401. The van der Waals surface area contributed by atoms with Gasteiger partial charge in [0.05, 0.1) is 12.7 Å². The number of aromatic nitrogens is 1. The van der Waals surface area contributed by atoms with Crippen LogP contribution in [0.4, 0.5) is 0 Å². The molecule has 0 fully saturated rings. The van der Waals surface area contributed by atoms with E-state index in [0.29, 0.717) is 0 Å². The molecule has 0 spiro atoms. The lowest BCUT2D eigenvalue weighted by atomic mass is 10.2. The molecule has 0 saturated heterocycles. The van der Waals surface area contributed by atoms with E-state index in [1.807, 2.05) is 0 Å². The van der Waals surface area contributed by atoms with E-state index in [2.05, 4.69) is 9.72 Å². The lowest BCUT2D eigenvalue weighted by molar-refractivity contribution is 0.0442. The van der Waals surface area contributed by atoms with Gasteiger partial charge >= 0.3 is 11.9 Å². The molecule has 1 aromatic heterocycles. The lowest BCUT2D eigenvalue weighted by Crippen LogP contribution is -1.99. The second kappa shape index (κ2) is 2.55. The zero-order valence-corrected chi connectivity index (χ0v) is 6.73. The van der Waals surface area contributed by atoms with Crippen LogP contribution >= 0.6 is 0 Å². The van der Waals surface area contributed by atoms with Gasteiger partial charge in [-0.25, -0.2) is 14.6 Å². The molecule has 0 bridgehead atoms. The molecule has 0 aromatic carbocycles. The Labute approximate surface area is 73.3 Å². The number of cyclic esters (lactones) is 2. The van der Waals surface area contributed by atoms with Crippen molar-refractivity contribution in [2.24, 2.45) is 0 Å². The SMILES string of the molecule is COc1nccc2c1C(=O)OC2=O. The van der Waals surface area contributed by atoms with E-state index >= 15 is 0 Å². The Kier molecular flexibility index (Phi) is 1.51. The maximum absolute atomic E-state index is 11.1. The average Bonchev–Trinajstić information content (AvgIpc) is 2.43.